The van der Waals surface area contributed by atoms with Crippen molar-refractivity contribution in [3.63, 3.8) is 0 Å². The number of nitrogens with zero attached hydrogens (tertiary/aromatic N) is 1. The summed E-state index contributed by atoms with van der Waals surface area (Å²) in [6.45, 7) is 0. The summed E-state index contributed by atoms with van der Waals surface area (Å²) in [5, 5.41) is 13.3. The fourth-order valence-electron chi connectivity index (χ4n) is 2.81. The average molecular weight is 366 g/mol. The van der Waals surface area contributed by atoms with Crippen molar-refractivity contribution in [1.29, 1.82) is 0 Å². The quantitative estimate of drug-likeness (QED) is 0.443. The van der Waals surface area contributed by atoms with Gasteiger partial charge in [0.15, 0.2) is 5.16 Å². The number of H-pyrrole nitrogens is 2. The van der Waals surface area contributed by atoms with Gasteiger partial charge in [0.25, 0.3) is 5.91 Å². The summed E-state index contributed by atoms with van der Waals surface area (Å²) in [7, 11) is 1.60. The summed E-state index contributed by atoms with van der Waals surface area (Å²) in [6.07, 6.45) is 1.83. The van der Waals surface area contributed by atoms with Crippen molar-refractivity contribution in [2.24, 2.45) is 0 Å². The first kappa shape index (κ1) is 16.2. The molecular formula is C18H14N4O3S. The van der Waals surface area contributed by atoms with Crippen molar-refractivity contribution in [2.45, 2.75) is 10.1 Å². The molecule has 0 aliphatic carbocycles. The van der Waals surface area contributed by atoms with Crippen LogP contribution in [0, 0.1) is 0 Å². The van der Waals surface area contributed by atoms with Crippen LogP contribution >= 0.6 is 11.8 Å². The van der Waals surface area contributed by atoms with E-state index in [1.165, 1.54) is 17.8 Å². The van der Waals surface area contributed by atoms with E-state index in [1.54, 1.807) is 25.2 Å². The Balaban J connectivity index is 1.72. The summed E-state index contributed by atoms with van der Waals surface area (Å²) in [6, 6.07) is 10.3. The SMILES string of the molecule is CNC(=O)c1cccc2c(Sc3nc4ccc(C(=O)O)cc4[nH]3)c[nH]c12. The topological polar surface area (TPSA) is 111 Å². The zero-order valence-corrected chi connectivity index (χ0v) is 14.5. The van der Waals surface area contributed by atoms with Gasteiger partial charge in [-0.3, -0.25) is 4.79 Å². The summed E-state index contributed by atoms with van der Waals surface area (Å²) >= 11 is 1.41. The number of rotatable bonds is 4. The molecule has 0 atom stereocenters. The third-order valence-electron chi connectivity index (χ3n) is 4.06. The molecule has 2 aromatic carbocycles. The molecule has 0 aliphatic heterocycles. The third kappa shape index (κ3) is 2.70. The number of amides is 1. The lowest BCUT2D eigenvalue weighted by molar-refractivity contribution is 0.0696. The number of hydrogen-bond donors (Lipinski definition) is 4. The van der Waals surface area contributed by atoms with Crippen molar-refractivity contribution in [3.05, 3.63) is 53.7 Å². The number of nitrogens with one attached hydrogen (secondary N) is 3. The van der Waals surface area contributed by atoms with Gasteiger partial charge in [-0.2, -0.15) is 0 Å². The van der Waals surface area contributed by atoms with Crippen LogP contribution in [0.3, 0.4) is 0 Å². The van der Waals surface area contributed by atoms with Gasteiger partial charge >= 0.3 is 5.97 Å². The molecule has 26 heavy (non-hydrogen) atoms. The van der Waals surface area contributed by atoms with E-state index in [2.05, 4.69) is 20.3 Å². The van der Waals surface area contributed by atoms with Crippen LogP contribution in [0.1, 0.15) is 20.7 Å². The van der Waals surface area contributed by atoms with Gasteiger partial charge in [-0.15, -0.1) is 0 Å². The van der Waals surface area contributed by atoms with Crippen LogP contribution in [0.4, 0.5) is 0 Å². The number of hydrogen-bond acceptors (Lipinski definition) is 4. The molecule has 7 nitrogen and oxygen atoms in total. The number of imidazole rings is 1. The normalized spacial score (nSPS) is 11.1. The summed E-state index contributed by atoms with van der Waals surface area (Å²) in [5.74, 6) is -1.13. The number of carbonyl (C=O) groups excluding carboxylic acids is 1. The fraction of sp³-hybridized carbons (Fsp3) is 0.0556. The fourth-order valence-corrected chi connectivity index (χ4v) is 3.72. The number of para-hydroxylation sites is 1. The Morgan fingerprint density at radius 1 is 1.23 bits per heavy atom. The second-order valence-electron chi connectivity index (χ2n) is 5.64. The molecule has 0 spiro atoms. The van der Waals surface area contributed by atoms with E-state index in [9.17, 15) is 9.59 Å². The highest BCUT2D eigenvalue weighted by atomic mass is 32.2. The monoisotopic (exact) mass is 366 g/mol. The van der Waals surface area contributed by atoms with E-state index in [0.717, 1.165) is 15.8 Å². The molecular weight excluding hydrogens is 352 g/mol. The maximum absolute atomic E-state index is 12.0. The van der Waals surface area contributed by atoms with E-state index in [-0.39, 0.29) is 11.5 Å². The number of carboxylic acids is 1. The average Bonchev–Trinajstić information content (AvgIpc) is 3.24. The standard InChI is InChI=1S/C18H14N4O3S/c1-19-16(23)11-4-2-3-10-14(8-20-15(10)11)26-18-21-12-6-5-9(17(24)25)7-13(12)22-18/h2-8,20H,1H3,(H,19,23)(H,21,22)(H,24,25). The number of benzene rings is 2. The van der Waals surface area contributed by atoms with Crippen LogP contribution in [-0.4, -0.2) is 39.0 Å². The van der Waals surface area contributed by atoms with Crippen LogP contribution in [0.2, 0.25) is 0 Å². The zero-order chi connectivity index (χ0) is 18.3. The van der Waals surface area contributed by atoms with Gasteiger partial charge in [-0.1, -0.05) is 12.1 Å². The maximum Gasteiger partial charge on any atom is 0.335 e. The lowest BCUT2D eigenvalue weighted by atomic mass is 10.1. The predicted octanol–water partition coefficient (Wildman–Crippen LogP) is 3.25. The Morgan fingerprint density at radius 3 is 2.85 bits per heavy atom. The molecule has 4 aromatic rings. The van der Waals surface area contributed by atoms with E-state index in [1.807, 2.05) is 18.3 Å². The third-order valence-corrected chi connectivity index (χ3v) is 5.01. The number of fused-ring (bicyclic) bond motifs is 2. The van der Waals surface area contributed by atoms with Gasteiger partial charge in [0, 0.05) is 23.5 Å². The van der Waals surface area contributed by atoms with Crippen LogP contribution in [0.5, 0.6) is 0 Å². The number of aromatic nitrogens is 3. The second-order valence-corrected chi connectivity index (χ2v) is 6.67. The second kappa shape index (κ2) is 6.23. The van der Waals surface area contributed by atoms with Crippen LogP contribution in [-0.2, 0) is 0 Å². The Labute approximate surface area is 151 Å². The molecule has 0 saturated carbocycles. The molecule has 0 saturated heterocycles. The first-order valence-corrected chi connectivity index (χ1v) is 8.61. The largest absolute Gasteiger partial charge is 0.478 e. The highest BCUT2D eigenvalue weighted by Crippen LogP contribution is 2.34. The summed E-state index contributed by atoms with van der Waals surface area (Å²) < 4.78 is 0. The van der Waals surface area contributed by atoms with Crippen molar-refractivity contribution >= 4 is 45.6 Å². The van der Waals surface area contributed by atoms with E-state index in [4.69, 9.17) is 5.11 Å². The zero-order valence-electron chi connectivity index (χ0n) is 13.7. The van der Waals surface area contributed by atoms with E-state index < -0.39 is 5.97 Å². The number of aromatic amines is 2. The van der Waals surface area contributed by atoms with E-state index >= 15 is 0 Å². The molecule has 4 rings (SSSR count). The molecule has 0 aliphatic rings. The minimum Gasteiger partial charge on any atom is -0.478 e. The van der Waals surface area contributed by atoms with Gasteiger partial charge in [-0.25, -0.2) is 9.78 Å². The van der Waals surface area contributed by atoms with Gasteiger partial charge in [0.1, 0.15) is 0 Å². The molecule has 0 radical (unpaired) electrons. The summed E-state index contributed by atoms with van der Waals surface area (Å²) in [4.78, 5) is 34.8. The molecule has 1 amide bonds. The maximum atomic E-state index is 12.0. The van der Waals surface area contributed by atoms with Crippen molar-refractivity contribution in [2.75, 3.05) is 7.05 Å². The Kier molecular flexibility index (Phi) is 3.89. The lowest BCUT2D eigenvalue weighted by Gasteiger charge is -2.02. The Hall–Kier alpha value is -3.26. The van der Waals surface area contributed by atoms with Crippen molar-refractivity contribution in [1.82, 2.24) is 20.3 Å². The number of carbonyl (C=O) groups is 2. The van der Waals surface area contributed by atoms with Gasteiger partial charge in [0.05, 0.1) is 27.7 Å². The highest BCUT2D eigenvalue weighted by Gasteiger charge is 2.14. The smallest absolute Gasteiger partial charge is 0.335 e. The van der Waals surface area contributed by atoms with Crippen LogP contribution in [0.25, 0.3) is 21.9 Å². The minimum atomic E-state index is -0.978. The van der Waals surface area contributed by atoms with Crippen LogP contribution in [0.15, 0.2) is 52.6 Å². The number of carboxylic acid groups (broad SMARTS) is 1. The molecule has 8 heteroatoms. The molecule has 4 N–H and O–H groups in total. The molecule has 0 bridgehead atoms. The summed E-state index contributed by atoms with van der Waals surface area (Å²) in [5.41, 5.74) is 2.91. The molecule has 2 heterocycles. The van der Waals surface area contributed by atoms with E-state index in [0.29, 0.717) is 21.8 Å². The molecule has 2 aromatic heterocycles. The highest BCUT2D eigenvalue weighted by molar-refractivity contribution is 7.99. The van der Waals surface area contributed by atoms with Gasteiger partial charge in [-0.05, 0) is 36.0 Å². The van der Waals surface area contributed by atoms with Gasteiger partial charge < -0.3 is 20.4 Å². The Bertz CT molecular complexity index is 1160. The number of aromatic carboxylic acids is 1. The van der Waals surface area contributed by atoms with Crippen molar-refractivity contribution in [3.8, 4) is 0 Å². The molecule has 0 fully saturated rings. The molecule has 130 valence electrons. The minimum absolute atomic E-state index is 0.154. The van der Waals surface area contributed by atoms with Gasteiger partial charge in [0.2, 0.25) is 0 Å². The Morgan fingerprint density at radius 2 is 2.08 bits per heavy atom. The first-order valence-electron chi connectivity index (χ1n) is 7.80. The lowest BCUT2D eigenvalue weighted by Crippen LogP contribution is -2.17. The molecule has 0 unspecified atom stereocenters. The first-order chi connectivity index (χ1) is 12.6. The predicted molar refractivity (Wildman–Crippen MR) is 98.9 cm³/mol. The van der Waals surface area contributed by atoms with Crippen LogP contribution < -0.4 is 5.32 Å². The van der Waals surface area contributed by atoms with Crippen molar-refractivity contribution < 1.29 is 14.7 Å².